The lowest BCUT2D eigenvalue weighted by atomic mass is 9.77. The maximum Gasteiger partial charge on any atom is 0.150 e. The lowest BCUT2D eigenvalue weighted by Crippen LogP contribution is -2.46. The first-order valence-electron chi connectivity index (χ1n) is 3.81. The van der Waals surface area contributed by atoms with E-state index in [2.05, 4.69) is 0 Å². The molecule has 2 unspecified atom stereocenters. The molecule has 0 aromatic carbocycles. The zero-order valence-corrected chi connectivity index (χ0v) is 6.84. The molecule has 1 aliphatic heterocycles. The number of rotatable bonds is 2. The Labute approximate surface area is 71.0 Å². The fourth-order valence-electron chi connectivity index (χ4n) is 1.33. The molecule has 0 saturated carbocycles. The Balaban J connectivity index is 2.72. The van der Waals surface area contributed by atoms with E-state index in [1.165, 1.54) is 7.85 Å². The average Bonchev–Trinajstić information content (AvgIpc) is 2.31. The fourth-order valence-corrected chi connectivity index (χ4v) is 1.33. The Morgan fingerprint density at radius 3 is 2.17 bits per heavy atom. The van der Waals surface area contributed by atoms with Gasteiger partial charge in [-0.25, -0.2) is 0 Å². The van der Waals surface area contributed by atoms with Crippen LogP contribution in [-0.2, 0) is 4.74 Å². The Hall–Kier alpha value is -0.135. The van der Waals surface area contributed by atoms with Crippen LogP contribution in [0.4, 0.5) is 0 Å². The standard InChI is InChI=1S/C6H13BO5/c7-6(2-9)5(11)4(10)3(1-8)12-6/h3-5,8-11H,1-2,7H2/t3-,4?,5?,6-/m1/s1. The Kier molecular flexibility index (Phi) is 2.75. The van der Waals surface area contributed by atoms with E-state index in [0.717, 1.165) is 0 Å². The normalized spacial score (nSPS) is 48.2. The minimum atomic E-state index is -1.16. The van der Waals surface area contributed by atoms with E-state index in [0.29, 0.717) is 0 Å². The number of hydrogen-bond acceptors (Lipinski definition) is 5. The van der Waals surface area contributed by atoms with Crippen LogP contribution in [0.2, 0.25) is 0 Å². The van der Waals surface area contributed by atoms with Crippen molar-refractivity contribution >= 4 is 7.85 Å². The topological polar surface area (TPSA) is 90.2 Å². The summed E-state index contributed by atoms with van der Waals surface area (Å²) >= 11 is 0. The highest BCUT2D eigenvalue weighted by atomic mass is 16.6. The van der Waals surface area contributed by atoms with Crippen LogP contribution in [0.5, 0.6) is 0 Å². The first kappa shape index (κ1) is 9.95. The summed E-state index contributed by atoms with van der Waals surface area (Å²) in [6.07, 6.45) is -3.09. The molecule has 0 spiro atoms. The molecule has 1 saturated heterocycles. The van der Waals surface area contributed by atoms with Crippen molar-refractivity contribution in [2.75, 3.05) is 13.2 Å². The second kappa shape index (κ2) is 3.31. The van der Waals surface area contributed by atoms with Gasteiger partial charge in [0.25, 0.3) is 0 Å². The molecule has 5 nitrogen and oxygen atoms in total. The van der Waals surface area contributed by atoms with Gasteiger partial charge in [0.1, 0.15) is 26.2 Å². The third kappa shape index (κ3) is 1.36. The van der Waals surface area contributed by atoms with Gasteiger partial charge in [0.05, 0.1) is 18.7 Å². The van der Waals surface area contributed by atoms with Crippen LogP contribution in [0, 0.1) is 0 Å². The zero-order chi connectivity index (χ0) is 9.35. The van der Waals surface area contributed by atoms with Crippen LogP contribution in [-0.4, -0.2) is 65.3 Å². The molecule has 1 heterocycles. The Morgan fingerprint density at radius 1 is 1.33 bits per heavy atom. The molecule has 1 rings (SSSR count). The van der Waals surface area contributed by atoms with Gasteiger partial charge in [-0.1, -0.05) is 0 Å². The Bertz CT molecular complexity index is 166. The molecule has 0 aromatic heterocycles. The van der Waals surface area contributed by atoms with E-state index in [9.17, 15) is 10.2 Å². The van der Waals surface area contributed by atoms with Gasteiger partial charge in [0.2, 0.25) is 0 Å². The van der Waals surface area contributed by atoms with E-state index < -0.39 is 23.8 Å². The third-order valence-corrected chi connectivity index (χ3v) is 2.24. The summed E-state index contributed by atoms with van der Waals surface area (Å²) in [5.74, 6) is 0. The van der Waals surface area contributed by atoms with Gasteiger partial charge in [0.15, 0.2) is 0 Å². The van der Waals surface area contributed by atoms with Crippen LogP contribution in [0.1, 0.15) is 0 Å². The summed E-state index contributed by atoms with van der Waals surface area (Å²) in [5.41, 5.74) is -1.16. The predicted octanol–water partition coefficient (Wildman–Crippen LogP) is -3.58. The monoisotopic (exact) mass is 176 g/mol. The first-order chi connectivity index (χ1) is 5.55. The summed E-state index contributed by atoms with van der Waals surface area (Å²) < 4.78 is 5.07. The minimum Gasteiger partial charge on any atom is -0.394 e. The molecule has 6 heteroatoms. The van der Waals surface area contributed by atoms with E-state index in [1.807, 2.05) is 0 Å². The third-order valence-electron chi connectivity index (χ3n) is 2.24. The van der Waals surface area contributed by atoms with Gasteiger partial charge < -0.3 is 25.2 Å². The largest absolute Gasteiger partial charge is 0.394 e. The molecule has 0 aliphatic carbocycles. The summed E-state index contributed by atoms with van der Waals surface area (Å²) in [7, 11) is 1.48. The molecule has 0 bridgehead atoms. The van der Waals surface area contributed by atoms with Gasteiger partial charge in [-0.15, -0.1) is 0 Å². The zero-order valence-electron chi connectivity index (χ0n) is 6.84. The van der Waals surface area contributed by atoms with Crippen molar-refractivity contribution < 1.29 is 25.2 Å². The van der Waals surface area contributed by atoms with Crippen LogP contribution >= 0.6 is 0 Å². The van der Waals surface area contributed by atoms with Crippen LogP contribution < -0.4 is 0 Å². The molecule has 0 radical (unpaired) electrons. The molecular formula is C6H13BO5. The van der Waals surface area contributed by atoms with Crippen molar-refractivity contribution in [3.63, 3.8) is 0 Å². The smallest absolute Gasteiger partial charge is 0.150 e. The number of aliphatic hydroxyl groups is 4. The van der Waals surface area contributed by atoms with E-state index in [-0.39, 0.29) is 13.2 Å². The number of aliphatic hydroxyl groups excluding tert-OH is 4. The highest BCUT2D eigenvalue weighted by Crippen LogP contribution is 2.27. The molecule has 1 fully saturated rings. The van der Waals surface area contributed by atoms with Crippen molar-refractivity contribution in [3.8, 4) is 0 Å². The molecule has 70 valence electrons. The van der Waals surface area contributed by atoms with Gasteiger partial charge in [-0.05, 0) is 0 Å². The van der Waals surface area contributed by atoms with Crippen molar-refractivity contribution in [2.24, 2.45) is 0 Å². The summed E-state index contributed by atoms with van der Waals surface area (Å²) in [6, 6.07) is 0. The Morgan fingerprint density at radius 2 is 1.92 bits per heavy atom. The molecule has 12 heavy (non-hydrogen) atoms. The van der Waals surface area contributed by atoms with Gasteiger partial charge >= 0.3 is 0 Å². The quantitative estimate of drug-likeness (QED) is 0.326. The summed E-state index contributed by atoms with van der Waals surface area (Å²) in [6.45, 7) is -0.754. The van der Waals surface area contributed by atoms with Crippen LogP contribution in [0.25, 0.3) is 0 Å². The molecule has 1 aliphatic rings. The van der Waals surface area contributed by atoms with Crippen LogP contribution in [0.15, 0.2) is 0 Å². The van der Waals surface area contributed by atoms with E-state index >= 15 is 0 Å². The number of hydrogen-bond donors (Lipinski definition) is 4. The molecule has 4 N–H and O–H groups in total. The van der Waals surface area contributed by atoms with E-state index in [1.54, 1.807) is 0 Å². The first-order valence-corrected chi connectivity index (χ1v) is 3.81. The SMILES string of the molecule is B[C@]1(CO)O[C@H](CO)C(O)C1O. The molecule has 0 amide bonds. The molecule has 0 aromatic rings. The van der Waals surface area contributed by atoms with Crippen molar-refractivity contribution in [1.29, 1.82) is 0 Å². The summed E-state index contributed by atoms with van der Waals surface area (Å²) in [5, 5.41) is 36.2. The van der Waals surface area contributed by atoms with E-state index in [4.69, 9.17) is 14.9 Å². The lowest BCUT2D eigenvalue weighted by Gasteiger charge is -2.24. The number of ether oxygens (including phenoxy) is 1. The second-order valence-electron chi connectivity index (χ2n) is 3.25. The molecular weight excluding hydrogens is 163 g/mol. The predicted molar refractivity (Wildman–Crippen MR) is 42.3 cm³/mol. The van der Waals surface area contributed by atoms with Crippen molar-refractivity contribution in [1.82, 2.24) is 0 Å². The van der Waals surface area contributed by atoms with Gasteiger partial charge in [-0.3, -0.25) is 0 Å². The fraction of sp³-hybridized carbons (Fsp3) is 1.00. The van der Waals surface area contributed by atoms with Crippen molar-refractivity contribution in [2.45, 2.75) is 23.8 Å². The minimum absolute atomic E-state index is 0.367. The highest BCUT2D eigenvalue weighted by Gasteiger charge is 2.50. The van der Waals surface area contributed by atoms with Crippen molar-refractivity contribution in [3.05, 3.63) is 0 Å². The lowest BCUT2D eigenvalue weighted by molar-refractivity contribution is -0.0657. The summed E-state index contributed by atoms with van der Waals surface area (Å²) in [4.78, 5) is 0. The van der Waals surface area contributed by atoms with Crippen LogP contribution in [0.3, 0.4) is 0 Å². The highest BCUT2D eigenvalue weighted by molar-refractivity contribution is 6.15. The second-order valence-corrected chi connectivity index (χ2v) is 3.25. The molecule has 4 atom stereocenters. The van der Waals surface area contributed by atoms with Gasteiger partial charge in [-0.2, -0.15) is 0 Å². The maximum atomic E-state index is 9.37. The average molecular weight is 176 g/mol. The maximum absolute atomic E-state index is 9.37. The van der Waals surface area contributed by atoms with Gasteiger partial charge in [0, 0.05) is 0 Å².